The highest BCUT2D eigenvalue weighted by molar-refractivity contribution is 6.06. The molecule has 3 aliphatic rings. The van der Waals surface area contributed by atoms with Crippen LogP contribution in [0, 0.1) is 5.92 Å². The monoisotopic (exact) mass is 391 g/mol. The van der Waals surface area contributed by atoms with Gasteiger partial charge in [0.25, 0.3) is 0 Å². The van der Waals surface area contributed by atoms with E-state index >= 15 is 0 Å². The first kappa shape index (κ1) is 18.2. The average molecular weight is 391 g/mol. The maximum absolute atomic E-state index is 13.2. The van der Waals surface area contributed by atoms with Crippen molar-refractivity contribution in [3.05, 3.63) is 54.1 Å². The molecule has 2 aromatic rings. The summed E-state index contributed by atoms with van der Waals surface area (Å²) in [5.74, 6) is -0.211. The van der Waals surface area contributed by atoms with Crippen LogP contribution < -0.4 is 14.7 Å². The molecule has 150 valence electrons. The number of fused-ring (bicyclic) bond motifs is 1. The molecule has 0 bridgehead atoms. The highest BCUT2D eigenvalue weighted by Gasteiger charge is 2.39. The van der Waals surface area contributed by atoms with Crippen molar-refractivity contribution < 1.29 is 14.3 Å². The van der Waals surface area contributed by atoms with Crippen LogP contribution in [0.2, 0.25) is 0 Å². The zero-order chi connectivity index (χ0) is 19.8. The van der Waals surface area contributed by atoms with Gasteiger partial charge < -0.3 is 19.4 Å². The Labute approximate surface area is 170 Å². The molecule has 3 aliphatic heterocycles. The number of amides is 2. The van der Waals surface area contributed by atoms with E-state index in [0.717, 1.165) is 36.6 Å². The van der Waals surface area contributed by atoms with Crippen LogP contribution in [-0.4, -0.2) is 51.2 Å². The van der Waals surface area contributed by atoms with Crippen molar-refractivity contribution in [2.24, 2.45) is 5.92 Å². The molecule has 0 radical (unpaired) electrons. The number of para-hydroxylation sites is 3. The zero-order valence-corrected chi connectivity index (χ0v) is 16.4. The summed E-state index contributed by atoms with van der Waals surface area (Å²) in [6.45, 7) is 4.15. The topological polar surface area (TPSA) is 53.1 Å². The van der Waals surface area contributed by atoms with Crippen LogP contribution in [0.1, 0.15) is 12.0 Å². The molecule has 2 saturated heterocycles. The Morgan fingerprint density at radius 2 is 1.59 bits per heavy atom. The molecule has 2 fully saturated rings. The Hall–Kier alpha value is -2.86. The summed E-state index contributed by atoms with van der Waals surface area (Å²) in [5, 5.41) is 0. The summed E-state index contributed by atoms with van der Waals surface area (Å²) in [7, 11) is 0. The Kier molecular flexibility index (Phi) is 4.72. The van der Waals surface area contributed by atoms with Crippen molar-refractivity contribution in [3.63, 3.8) is 0 Å². The number of carbonyl (C=O) groups is 2. The second kappa shape index (κ2) is 7.52. The Balaban J connectivity index is 1.37. The van der Waals surface area contributed by atoms with E-state index in [1.807, 2.05) is 41.3 Å². The van der Waals surface area contributed by atoms with Crippen molar-refractivity contribution in [3.8, 4) is 0 Å². The normalized spacial score (nSPS) is 21.6. The van der Waals surface area contributed by atoms with E-state index in [4.69, 9.17) is 4.74 Å². The largest absolute Gasteiger partial charge is 0.378 e. The third-order valence-electron chi connectivity index (χ3n) is 6.15. The lowest BCUT2D eigenvalue weighted by Crippen LogP contribution is -2.38. The Morgan fingerprint density at radius 1 is 0.897 bits per heavy atom. The van der Waals surface area contributed by atoms with Crippen LogP contribution in [-0.2, 0) is 20.7 Å². The van der Waals surface area contributed by atoms with Gasteiger partial charge in [-0.3, -0.25) is 9.59 Å². The number of hydrogen-bond donors (Lipinski definition) is 0. The van der Waals surface area contributed by atoms with Crippen molar-refractivity contribution in [2.45, 2.75) is 12.8 Å². The van der Waals surface area contributed by atoms with E-state index in [1.165, 1.54) is 5.56 Å². The highest BCUT2D eigenvalue weighted by Crippen LogP contribution is 2.36. The standard InChI is InChI=1S/C23H25N3O3/c27-22-15-18(23(28)25-10-9-17-5-1-2-6-19(17)25)16-26(22)21-8-4-3-7-20(21)24-11-13-29-14-12-24/h1-8,18H,9-16H2. The summed E-state index contributed by atoms with van der Waals surface area (Å²) in [6.07, 6.45) is 1.15. The molecule has 0 spiro atoms. The van der Waals surface area contributed by atoms with Crippen LogP contribution in [0.4, 0.5) is 17.1 Å². The summed E-state index contributed by atoms with van der Waals surface area (Å²) in [5.41, 5.74) is 4.15. The lowest BCUT2D eigenvalue weighted by Gasteiger charge is -2.32. The fraction of sp³-hybridized carbons (Fsp3) is 0.391. The fourth-order valence-electron chi connectivity index (χ4n) is 4.66. The fourth-order valence-corrected chi connectivity index (χ4v) is 4.66. The van der Waals surface area contributed by atoms with Crippen molar-refractivity contribution >= 4 is 28.9 Å². The minimum Gasteiger partial charge on any atom is -0.378 e. The van der Waals surface area contributed by atoms with Gasteiger partial charge in [0.1, 0.15) is 0 Å². The Morgan fingerprint density at radius 3 is 2.38 bits per heavy atom. The predicted molar refractivity (Wildman–Crippen MR) is 112 cm³/mol. The lowest BCUT2D eigenvalue weighted by atomic mass is 10.1. The molecule has 1 unspecified atom stereocenters. The molecule has 5 rings (SSSR count). The van der Waals surface area contributed by atoms with Gasteiger partial charge >= 0.3 is 0 Å². The number of nitrogens with zero attached hydrogens (tertiary/aromatic N) is 3. The number of morpholine rings is 1. The van der Waals surface area contributed by atoms with E-state index in [-0.39, 0.29) is 24.2 Å². The number of hydrogen-bond acceptors (Lipinski definition) is 4. The number of carbonyl (C=O) groups excluding carboxylic acids is 2. The van der Waals surface area contributed by atoms with Crippen LogP contribution in [0.5, 0.6) is 0 Å². The molecular formula is C23H25N3O3. The molecule has 1 atom stereocenters. The molecule has 3 heterocycles. The van der Waals surface area contributed by atoms with E-state index in [9.17, 15) is 9.59 Å². The van der Waals surface area contributed by atoms with Gasteiger partial charge in [0, 0.05) is 38.3 Å². The SMILES string of the molecule is O=C(C1CC(=O)N(c2ccccc2N2CCOCC2)C1)N1CCc2ccccc21. The second-order valence-electron chi connectivity index (χ2n) is 7.86. The first-order chi connectivity index (χ1) is 14.2. The van der Waals surface area contributed by atoms with Crippen molar-refractivity contribution in [1.29, 1.82) is 0 Å². The quantitative estimate of drug-likeness (QED) is 0.807. The third-order valence-corrected chi connectivity index (χ3v) is 6.15. The van der Waals surface area contributed by atoms with Crippen LogP contribution in [0.15, 0.2) is 48.5 Å². The summed E-state index contributed by atoms with van der Waals surface area (Å²) in [6, 6.07) is 16.1. The molecule has 2 amide bonds. The van der Waals surface area contributed by atoms with Crippen LogP contribution in [0.3, 0.4) is 0 Å². The number of anilines is 3. The van der Waals surface area contributed by atoms with Crippen molar-refractivity contribution in [2.75, 3.05) is 54.1 Å². The molecule has 2 aromatic carbocycles. The van der Waals surface area contributed by atoms with Gasteiger partial charge in [-0.15, -0.1) is 0 Å². The zero-order valence-electron chi connectivity index (χ0n) is 16.4. The van der Waals surface area contributed by atoms with Gasteiger partial charge in [-0.25, -0.2) is 0 Å². The minimum atomic E-state index is -0.300. The third kappa shape index (κ3) is 3.27. The summed E-state index contributed by atoms with van der Waals surface area (Å²) in [4.78, 5) is 32.1. The minimum absolute atomic E-state index is 0.0246. The van der Waals surface area contributed by atoms with Gasteiger partial charge in [0.2, 0.25) is 11.8 Å². The second-order valence-corrected chi connectivity index (χ2v) is 7.86. The number of benzene rings is 2. The van der Waals surface area contributed by atoms with Crippen molar-refractivity contribution in [1.82, 2.24) is 0 Å². The molecule has 6 heteroatoms. The Bertz CT molecular complexity index is 938. The summed E-state index contributed by atoms with van der Waals surface area (Å²) >= 11 is 0. The van der Waals surface area contributed by atoms with Crippen LogP contribution in [0.25, 0.3) is 0 Å². The van der Waals surface area contributed by atoms with E-state index in [2.05, 4.69) is 17.0 Å². The molecule has 6 nitrogen and oxygen atoms in total. The number of ether oxygens (including phenoxy) is 1. The maximum atomic E-state index is 13.2. The maximum Gasteiger partial charge on any atom is 0.232 e. The molecule has 0 saturated carbocycles. The van der Waals surface area contributed by atoms with Gasteiger partial charge in [-0.1, -0.05) is 30.3 Å². The van der Waals surface area contributed by atoms with Gasteiger partial charge in [0.05, 0.1) is 30.5 Å². The van der Waals surface area contributed by atoms with Gasteiger partial charge in [-0.2, -0.15) is 0 Å². The molecular weight excluding hydrogens is 366 g/mol. The van der Waals surface area contributed by atoms with Gasteiger partial charge in [0.15, 0.2) is 0 Å². The summed E-state index contributed by atoms with van der Waals surface area (Å²) < 4.78 is 5.47. The van der Waals surface area contributed by atoms with E-state index in [1.54, 1.807) is 4.90 Å². The average Bonchev–Trinajstić information content (AvgIpc) is 3.38. The van der Waals surface area contributed by atoms with E-state index in [0.29, 0.717) is 26.3 Å². The predicted octanol–water partition coefficient (Wildman–Crippen LogP) is 2.47. The number of rotatable bonds is 3. The highest BCUT2D eigenvalue weighted by atomic mass is 16.5. The van der Waals surface area contributed by atoms with E-state index < -0.39 is 0 Å². The first-order valence-corrected chi connectivity index (χ1v) is 10.3. The first-order valence-electron chi connectivity index (χ1n) is 10.3. The van der Waals surface area contributed by atoms with Gasteiger partial charge in [-0.05, 0) is 30.2 Å². The molecule has 0 N–H and O–H groups in total. The molecule has 0 aromatic heterocycles. The lowest BCUT2D eigenvalue weighted by molar-refractivity contribution is -0.124. The molecule has 0 aliphatic carbocycles. The molecule has 29 heavy (non-hydrogen) atoms. The smallest absolute Gasteiger partial charge is 0.232 e. The van der Waals surface area contributed by atoms with Crippen LogP contribution >= 0.6 is 0 Å².